The molecule has 0 saturated carbocycles. The average molecular weight is 376 g/mol. The van der Waals surface area contributed by atoms with Crippen LogP contribution in [0.25, 0.3) is 17.9 Å². The van der Waals surface area contributed by atoms with E-state index < -0.39 is 20.4 Å². The maximum atomic E-state index is 12.3. The van der Waals surface area contributed by atoms with Gasteiger partial charge in [-0.15, -0.1) is 0 Å². The number of Topliss-reactive ketones (excluding diaryl/α,β-unsaturated/α-hetero) is 1. The summed E-state index contributed by atoms with van der Waals surface area (Å²) in [5, 5.41) is 0.708. The number of ketones is 1. The number of fused-ring (bicyclic) bond motifs is 1. The molecular formula is C17H12O2Te. The van der Waals surface area contributed by atoms with Crippen molar-refractivity contribution in [3.8, 4) is 9.14 Å². The summed E-state index contributed by atoms with van der Waals surface area (Å²) in [6.07, 6.45) is 0. The maximum absolute atomic E-state index is 12.3. The molecule has 20 heavy (non-hydrogen) atoms. The van der Waals surface area contributed by atoms with Gasteiger partial charge in [0.05, 0.1) is 0 Å². The van der Waals surface area contributed by atoms with E-state index in [9.17, 15) is 9.59 Å². The van der Waals surface area contributed by atoms with Crippen LogP contribution in [0.2, 0.25) is 0 Å². The first-order valence-corrected chi connectivity index (χ1v) is 8.62. The SMILES string of the molecule is CC(=O)c1ccc2[te]c(-c3ccccc3)cc(=O)c2c1. The zero-order valence-corrected chi connectivity index (χ0v) is 13.3. The minimum absolute atomic E-state index is 0.000893. The molecule has 3 aromatic rings. The van der Waals surface area contributed by atoms with Crippen LogP contribution in [-0.4, -0.2) is 26.2 Å². The first-order valence-electron chi connectivity index (χ1n) is 6.29. The second-order valence-electron chi connectivity index (χ2n) is 4.61. The Kier molecular flexibility index (Phi) is 3.56. The van der Waals surface area contributed by atoms with Crippen molar-refractivity contribution in [1.29, 1.82) is 0 Å². The molecule has 0 unspecified atom stereocenters. The van der Waals surface area contributed by atoms with Crippen LogP contribution in [-0.2, 0) is 0 Å². The van der Waals surface area contributed by atoms with E-state index in [0.717, 1.165) is 12.5 Å². The normalized spacial score (nSPS) is 10.7. The molecule has 0 atom stereocenters. The molecule has 0 aliphatic heterocycles. The van der Waals surface area contributed by atoms with Crippen LogP contribution in [0.3, 0.4) is 0 Å². The van der Waals surface area contributed by atoms with Crippen molar-refractivity contribution in [3.63, 3.8) is 0 Å². The first kappa shape index (κ1) is 13.3. The number of benzene rings is 2. The van der Waals surface area contributed by atoms with Crippen LogP contribution in [0.5, 0.6) is 0 Å². The summed E-state index contributed by atoms with van der Waals surface area (Å²) in [6, 6.07) is 17.3. The van der Waals surface area contributed by atoms with Crippen molar-refractivity contribution in [2.75, 3.05) is 0 Å². The Hall–Kier alpha value is -1.69. The van der Waals surface area contributed by atoms with Gasteiger partial charge in [-0.1, -0.05) is 0 Å². The van der Waals surface area contributed by atoms with Crippen LogP contribution < -0.4 is 5.43 Å². The monoisotopic (exact) mass is 378 g/mol. The van der Waals surface area contributed by atoms with Gasteiger partial charge in [0, 0.05) is 0 Å². The van der Waals surface area contributed by atoms with Crippen LogP contribution in [0, 0.1) is 0 Å². The van der Waals surface area contributed by atoms with E-state index in [-0.39, 0.29) is 11.2 Å². The van der Waals surface area contributed by atoms with Crippen LogP contribution in [0.1, 0.15) is 17.3 Å². The van der Waals surface area contributed by atoms with Crippen molar-refractivity contribution in [1.82, 2.24) is 0 Å². The summed E-state index contributed by atoms with van der Waals surface area (Å²) in [5.41, 5.74) is 1.75. The van der Waals surface area contributed by atoms with E-state index in [4.69, 9.17) is 0 Å². The topological polar surface area (TPSA) is 34.1 Å². The van der Waals surface area contributed by atoms with Gasteiger partial charge >= 0.3 is 126 Å². The molecule has 0 saturated heterocycles. The number of rotatable bonds is 2. The van der Waals surface area contributed by atoms with Crippen LogP contribution >= 0.6 is 0 Å². The molecular weight excluding hydrogens is 364 g/mol. The zero-order chi connectivity index (χ0) is 14.1. The average Bonchev–Trinajstić information content (AvgIpc) is 2.47. The molecule has 0 fully saturated rings. The van der Waals surface area contributed by atoms with Crippen molar-refractivity contribution in [2.24, 2.45) is 0 Å². The van der Waals surface area contributed by atoms with Crippen molar-refractivity contribution >= 4 is 35.0 Å². The Morgan fingerprint density at radius 2 is 1.75 bits per heavy atom. The Labute approximate surface area is 126 Å². The molecule has 3 rings (SSSR count). The molecule has 0 bridgehead atoms. The molecule has 1 heterocycles. The second-order valence-corrected chi connectivity index (χ2v) is 7.70. The van der Waals surface area contributed by atoms with E-state index in [1.54, 1.807) is 12.1 Å². The fourth-order valence-corrected chi connectivity index (χ4v) is 5.15. The van der Waals surface area contributed by atoms with E-state index in [2.05, 4.69) is 0 Å². The summed E-state index contributed by atoms with van der Waals surface area (Å²) in [6.45, 7) is 1.52. The van der Waals surface area contributed by atoms with E-state index >= 15 is 0 Å². The summed E-state index contributed by atoms with van der Waals surface area (Å²) >= 11 is -0.581. The molecule has 0 aliphatic rings. The summed E-state index contributed by atoms with van der Waals surface area (Å²) < 4.78 is 2.27. The third kappa shape index (κ3) is 2.47. The zero-order valence-electron chi connectivity index (χ0n) is 10.9. The van der Waals surface area contributed by atoms with Gasteiger partial charge < -0.3 is 0 Å². The molecule has 1 aromatic heterocycles. The fourth-order valence-electron chi connectivity index (χ4n) is 2.12. The van der Waals surface area contributed by atoms with Gasteiger partial charge in [0.2, 0.25) is 0 Å². The third-order valence-corrected chi connectivity index (χ3v) is 6.47. The van der Waals surface area contributed by atoms with Gasteiger partial charge in [-0.25, -0.2) is 0 Å². The molecule has 0 spiro atoms. The van der Waals surface area contributed by atoms with Crippen molar-refractivity contribution < 1.29 is 4.79 Å². The van der Waals surface area contributed by atoms with Crippen molar-refractivity contribution in [2.45, 2.75) is 6.92 Å². The Morgan fingerprint density at radius 3 is 2.45 bits per heavy atom. The van der Waals surface area contributed by atoms with Gasteiger partial charge in [0.25, 0.3) is 0 Å². The number of hydrogen-bond acceptors (Lipinski definition) is 2. The first-order chi connectivity index (χ1) is 9.65. The van der Waals surface area contributed by atoms with E-state index in [0.29, 0.717) is 10.9 Å². The number of hydrogen-bond donors (Lipinski definition) is 0. The summed E-state index contributed by atoms with van der Waals surface area (Å²) in [5.74, 6) is -0.000893. The molecule has 2 aromatic carbocycles. The Morgan fingerprint density at radius 1 is 1.00 bits per heavy atom. The Bertz CT molecular complexity index is 848. The van der Waals surface area contributed by atoms with E-state index in [1.165, 1.54) is 6.92 Å². The standard InChI is InChI=1S/C17H12O2Te/c1-11(18)13-7-8-16-14(9-13)15(19)10-17(20-16)12-5-3-2-4-6-12/h2-10H,1H3. The predicted molar refractivity (Wildman–Crippen MR) is 82.6 cm³/mol. The molecule has 0 aliphatic carbocycles. The van der Waals surface area contributed by atoms with Crippen LogP contribution in [0.15, 0.2) is 59.4 Å². The summed E-state index contributed by atoms with van der Waals surface area (Å²) in [4.78, 5) is 23.7. The molecule has 2 nitrogen and oxygen atoms in total. The van der Waals surface area contributed by atoms with Gasteiger partial charge in [0.15, 0.2) is 0 Å². The number of carbonyl (C=O) groups excluding carboxylic acids is 1. The molecule has 0 radical (unpaired) electrons. The molecule has 0 amide bonds. The molecule has 98 valence electrons. The summed E-state index contributed by atoms with van der Waals surface area (Å²) in [7, 11) is 0. The van der Waals surface area contributed by atoms with Crippen molar-refractivity contribution in [3.05, 3.63) is 70.4 Å². The fraction of sp³-hybridized carbons (Fsp3) is 0.0588. The quantitative estimate of drug-likeness (QED) is 0.509. The second kappa shape index (κ2) is 5.36. The Balaban J connectivity index is 2.24. The minimum atomic E-state index is -0.581. The van der Waals surface area contributed by atoms with Gasteiger partial charge in [0.1, 0.15) is 0 Å². The van der Waals surface area contributed by atoms with Gasteiger partial charge in [-0.05, 0) is 0 Å². The third-order valence-electron chi connectivity index (χ3n) is 3.19. The molecule has 3 heteroatoms. The predicted octanol–water partition coefficient (Wildman–Crippen LogP) is 3.13. The number of carbonyl (C=O) groups is 1. The van der Waals surface area contributed by atoms with Gasteiger partial charge in [-0.3, -0.25) is 0 Å². The van der Waals surface area contributed by atoms with Crippen LogP contribution in [0.4, 0.5) is 0 Å². The van der Waals surface area contributed by atoms with Gasteiger partial charge in [-0.2, -0.15) is 0 Å². The molecule has 0 N–H and O–H groups in total. The van der Waals surface area contributed by atoms with E-state index in [1.807, 2.05) is 42.5 Å².